The lowest BCUT2D eigenvalue weighted by Crippen LogP contribution is -2.21. The molecule has 0 saturated carbocycles. The van der Waals surface area contributed by atoms with Crippen LogP contribution in [0, 0.1) is 0 Å². The van der Waals surface area contributed by atoms with Gasteiger partial charge in [-0.2, -0.15) is 5.10 Å². The number of aromatic nitrogens is 2. The van der Waals surface area contributed by atoms with Crippen LogP contribution in [0.5, 0.6) is 5.75 Å². The summed E-state index contributed by atoms with van der Waals surface area (Å²) in [5.41, 5.74) is 0.884. The van der Waals surface area contributed by atoms with Gasteiger partial charge in [0.25, 0.3) is 15.9 Å². The third-order valence-corrected chi connectivity index (χ3v) is 5.14. The summed E-state index contributed by atoms with van der Waals surface area (Å²) >= 11 is 5.99. The fourth-order valence-electron chi connectivity index (χ4n) is 2.36. The maximum Gasteiger partial charge on any atom is 0.266 e. The molecule has 8 nitrogen and oxygen atoms in total. The zero-order valence-electron chi connectivity index (χ0n) is 14.3. The van der Waals surface area contributed by atoms with Crippen LogP contribution in [-0.4, -0.2) is 38.3 Å². The molecule has 0 atom stereocenters. The van der Waals surface area contributed by atoms with Crippen LogP contribution >= 0.6 is 11.6 Å². The second kappa shape index (κ2) is 7.32. The molecule has 0 bridgehead atoms. The Morgan fingerprint density at radius 3 is 2.56 bits per heavy atom. The molecule has 0 unspecified atom stereocenters. The van der Waals surface area contributed by atoms with E-state index in [0.717, 1.165) is 5.69 Å². The Morgan fingerprint density at radius 1 is 1.36 bits per heavy atom. The van der Waals surface area contributed by atoms with Gasteiger partial charge in [0.15, 0.2) is 11.6 Å². The van der Waals surface area contributed by atoms with E-state index < -0.39 is 15.9 Å². The summed E-state index contributed by atoms with van der Waals surface area (Å²) in [5.74, 6) is -0.437. The van der Waals surface area contributed by atoms with Gasteiger partial charge in [-0.05, 0) is 18.6 Å². The first-order valence-electron chi connectivity index (χ1n) is 7.38. The van der Waals surface area contributed by atoms with E-state index in [1.807, 2.05) is 6.92 Å². The van der Waals surface area contributed by atoms with Crippen molar-refractivity contribution in [3.8, 4) is 5.75 Å². The second-order valence-corrected chi connectivity index (χ2v) is 7.25. The summed E-state index contributed by atoms with van der Waals surface area (Å²) in [7, 11) is 0.361. The second-order valence-electron chi connectivity index (χ2n) is 5.17. The molecule has 0 aliphatic carbocycles. The highest BCUT2D eigenvalue weighted by Gasteiger charge is 2.26. The Bertz CT molecular complexity index is 908. The van der Waals surface area contributed by atoms with Crippen LogP contribution < -0.4 is 14.8 Å². The minimum absolute atomic E-state index is 0.0214. The number of halogens is 1. The van der Waals surface area contributed by atoms with Crippen LogP contribution in [0.4, 0.5) is 5.82 Å². The molecule has 0 fully saturated rings. The van der Waals surface area contributed by atoms with Crippen molar-refractivity contribution < 1.29 is 17.9 Å². The topological polar surface area (TPSA) is 102 Å². The van der Waals surface area contributed by atoms with Gasteiger partial charge in [-0.25, -0.2) is 8.42 Å². The number of benzene rings is 1. The van der Waals surface area contributed by atoms with Crippen LogP contribution in [0.3, 0.4) is 0 Å². The number of anilines is 1. The standard InChI is InChI=1S/C15H19ClN4O4S/c1-5-10-8-13(18-20(10)3)19-25(22,23)12-7-9(16)6-11(14(12)24-4)15(21)17-2/h6-8H,5H2,1-4H3,(H,17,21)(H,18,19). The molecule has 2 aromatic rings. The lowest BCUT2D eigenvalue weighted by Gasteiger charge is -2.14. The molecule has 1 aromatic heterocycles. The van der Waals surface area contributed by atoms with Crippen molar-refractivity contribution in [2.45, 2.75) is 18.2 Å². The van der Waals surface area contributed by atoms with Gasteiger partial charge in [0, 0.05) is 30.9 Å². The minimum Gasteiger partial charge on any atom is -0.494 e. The number of hydrogen-bond acceptors (Lipinski definition) is 5. The smallest absolute Gasteiger partial charge is 0.266 e. The zero-order chi connectivity index (χ0) is 18.8. The number of sulfonamides is 1. The van der Waals surface area contributed by atoms with E-state index in [1.165, 1.54) is 26.3 Å². The highest BCUT2D eigenvalue weighted by Crippen LogP contribution is 2.33. The zero-order valence-corrected chi connectivity index (χ0v) is 15.8. The van der Waals surface area contributed by atoms with Gasteiger partial charge in [0.2, 0.25) is 0 Å². The highest BCUT2D eigenvalue weighted by molar-refractivity contribution is 7.92. The lowest BCUT2D eigenvalue weighted by molar-refractivity contribution is 0.0959. The van der Waals surface area contributed by atoms with E-state index in [2.05, 4.69) is 15.1 Å². The molecule has 0 aliphatic heterocycles. The summed E-state index contributed by atoms with van der Waals surface area (Å²) in [5, 5.41) is 6.63. The van der Waals surface area contributed by atoms with Crippen LogP contribution in [-0.2, 0) is 23.5 Å². The Balaban J connectivity index is 2.54. The van der Waals surface area contributed by atoms with Gasteiger partial charge in [0.1, 0.15) is 4.90 Å². The number of methoxy groups -OCH3 is 1. The molecular formula is C15H19ClN4O4S. The molecule has 1 aromatic carbocycles. The summed E-state index contributed by atoms with van der Waals surface area (Å²) in [6.07, 6.45) is 0.701. The maximum atomic E-state index is 12.8. The van der Waals surface area contributed by atoms with Gasteiger partial charge < -0.3 is 10.1 Å². The number of aryl methyl sites for hydroxylation is 2. The van der Waals surface area contributed by atoms with Gasteiger partial charge in [-0.15, -0.1) is 0 Å². The number of amides is 1. The molecule has 0 spiro atoms. The Hall–Kier alpha value is -2.26. The summed E-state index contributed by atoms with van der Waals surface area (Å²) in [6.45, 7) is 1.94. The minimum atomic E-state index is -4.07. The largest absolute Gasteiger partial charge is 0.494 e. The van der Waals surface area contributed by atoms with Crippen molar-refractivity contribution in [3.63, 3.8) is 0 Å². The summed E-state index contributed by atoms with van der Waals surface area (Å²) < 4.78 is 34.7. The number of ether oxygens (including phenoxy) is 1. The van der Waals surface area contributed by atoms with Gasteiger partial charge in [-0.1, -0.05) is 18.5 Å². The molecular weight excluding hydrogens is 368 g/mol. The number of carbonyl (C=O) groups is 1. The van der Waals surface area contributed by atoms with Crippen molar-refractivity contribution in [1.29, 1.82) is 0 Å². The van der Waals surface area contributed by atoms with Crippen LogP contribution in [0.1, 0.15) is 23.0 Å². The molecule has 0 radical (unpaired) electrons. The molecule has 25 heavy (non-hydrogen) atoms. The molecule has 1 heterocycles. The third-order valence-electron chi connectivity index (χ3n) is 3.56. The molecule has 10 heteroatoms. The predicted octanol–water partition coefficient (Wildman–Crippen LogP) is 1.80. The Kier molecular flexibility index (Phi) is 5.58. The van der Waals surface area contributed by atoms with Crippen molar-refractivity contribution in [1.82, 2.24) is 15.1 Å². The van der Waals surface area contributed by atoms with Gasteiger partial charge in [0.05, 0.1) is 12.7 Å². The number of nitrogens with zero attached hydrogens (tertiary/aromatic N) is 2. The first kappa shape index (κ1) is 19.1. The molecule has 1 amide bonds. The number of nitrogens with one attached hydrogen (secondary N) is 2. The first-order valence-corrected chi connectivity index (χ1v) is 9.25. The summed E-state index contributed by atoms with van der Waals surface area (Å²) in [4.78, 5) is 11.7. The fourth-order valence-corrected chi connectivity index (χ4v) is 3.85. The van der Waals surface area contributed by atoms with E-state index in [9.17, 15) is 13.2 Å². The number of rotatable bonds is 6. The molecule has 2 N–H and O–H groups in total. The molecule has 0 saturated heterocycles. The summed E-state index contributed by atoms with van der Waals surface area (Å²) in [6, 6.07) is 4.20. The van der Waals surface area contributed by atoms with Crippen LogP contribution in [0.2, 0.25) is 5.02 Å². The van der Waals surface area contributed by atoms with Crippen LogP contribution in [0.15, 0.2) is 23.1 Å². The molecule has 0 aliphatic rings. The lowest BCUT2D eigenvalue weighted by atomic mass is 10.2. The van der Waals surface area contributed by atoms with Crippen molar-refractivity contribution >= 4 is 33.3 Å². The van der Waals surface area contributed by atoms with Crippen LogP contribution in [0.25, 0.3) is 0 Å². The average molecular weight is 387 g/mol. The maximum absolute atomic E-state index is 12.8. The average Bonchev–Trinajstić information content (AvgIpc) is 2.91. The Labute approximate surface area is 151 Å². The number of carbonyl (C=O) groups excluding carboxylic acids is 1. The van der Waals surface area contributed by atoms with E-state index >= 15 is 0 Å². The van der Waals surface area contributed by atoms with Crippen molar-refractivity contribution in [3.05, 3.63) is 34.5 Å². The SMILES string of the molecule is CCc1cc(NS(=O)(=O)c2cc(Cl)cc(C(=O)NC)c2OC)nn1C. The normalized spacial score (nSPS) is 11.2. The Morgan fingerprint density at radius 2 is 2.04 bits per heavy atom. The van der Waals surface area contributed by atoms with E-state index in [0.29, 0.717) is 6.42 Å². The number of hydrogen-bond donors (Lipinski definition) is 2. The van der Waals surface area contributed by atoms with E-state index in [4.69, 9.17) is 16.3 Å². The monoisotopic (exact) mass is 386 g/mol. The quantitative estimate of drug-likeness (QED) is 0.788. The molecule has 136 valence electrons. The fraction of sp³-hybridized carbons (Fsp3) is 0.333. The van der Waals surface area contributed by atoms with Gasteiger partial charge in [-0.3, -0.25) is 14.2 Å². The van der Waals surface area contributed by atoms with Gasteiger partial charge >= 0.3 is 0 Å². The highest BCUT2D eigenvalue weighted by atomic mass is 35.5. The molecule has 2 rings (SSSR count). The predicted molar refractivity (Wildman–Crippen MR) is 94.8 cm³/mol. The van der Waals surface area contributed by atoms with E-state index in [-0.39, 0.29) is 27.0 Å². The first-order chi connectivity index (χ1) is 11.7. The van der Waals surface area contributed by atoms with Crippen molar-refractivity contribution in [2.24, 2.45) is 7.05 Å². The third kappa shape index (κ3) is 3.88. The van der Waals surface area contributed by atoms with E-state index in [1.54, 1.807) is 17.8 Å². The van der Waals surface area contributed by atoms with Crippen molar-refractivity contribution in [2.75, 3.05) is 18.9 Å².